The number of aromatic nitrogens is 2. The molecule has 0 atom stereocenters. The summed E-state index contributed by atoms with van der Waals surface area (Å²) in [7, 11) is 0. The summed E-state index contributed by atoms with van der Waals surface area (Å²) in [6.45, 7) is 5.97. The minimum atomic E-state index is -0.395. The second kappa shape index (κ2) is 7.76. The van der Waals surface area contributed by atoms with E-state index in [1.54, 1.807) is 10.7 Å². The Balaban J connectivity index is 1.80. The molecule has 0 bridgehead atoms. The van der Waals surface area contributed by atoms with Crippen molar-refractivity contribution in [1.82, 2.24) is 9.78 Å². The number of carbonyl (C=O) groups excluding carboxylic acids is 1. The summed E-state index contributed by atoms with van der Waals surface area (Å²) in [5, 5.41) is 4.75. The van der Waals surface area contributed by atoms with Gasteiger partial charge in [0.1, 0.15) is 0 Å². The number of aryl methyl sites for hydroxylation is 3. The zero-order valence-electron chi connectivity index (χ0n) is 16.7. The molecule has 1 aromatic heterocycles. The van der Waals surface area contributed by atoms with Crippen molar-refractivity contribution >= 4 is 5.97 Å². The summed E-state index contributed by atoms with van der Waals surface area (Å²) in [6, 6.07) is 25.2. The topological polar surface area (TPSA) is 44.1 Å². The third-order valence-electron chi connectivity index (χ3n) is 4.89. The molecule has 0 radical (unpaired) electrons. The zero-order valence-corrected chi connectivity index (χ0v) is 16.7. The molecule has 0 unspecified atom stereocenters. The molecule has 4 heteroatoms. The van der Waals surface area contributed by atoms with Crippen LogP contribution in [0.15, 0.2) is 78.9 Å². The predicted molar refractivity (Wildman–Crippen MR) is 115 cm³/mol. The fourth-order valence-electron chi connectivity index (χ4n) is 3.35. The predicted octanol–water partition coefficient (Wildman–Crippen LogP) is 5.68. The largest absolute Gasteiger partial charge is 0.404 e. The number of hydrogen-bond donors (Lipinski definition) is 0. The van der Waals surface area contributed by atoms with Gasteiger partial charge in [0.15, 0.2) is 0 Å². The monoisotopic (exact) mass is 382 g/mol. The molecule has 0 fully saturated rings. The molecular formula is C25H22N2O2. The van der Waals surface area contributed by atoms with Gasteiger partial charge < -0.3 is 4.74 Å². The third kappa shape index (κ3) is 3.83. The van der Waals surface area contributed by atoms with Gasteiger partial charge in [-0.15, -0.1) is 0 Å². The average Bonchev–Trinajstić information content (AvgIpc) is 3.12. The molecule has 144 valence electrons. The summed E-state index contributed by atoms with van der Waals surface area (Å²) in [5.41, 5.74) is 6.23. The lowest BCUT2D eigenvalue weighted by Crippen LogP contribution is -2.13. The van der Waals surface area contributed by atoms with Gasteiger partial charge in [-0.25, -0.2) is 4.79 Å². The standard InChI is InChI=1S/C25H22N2O2/c1-17-13-14-23(19(3)15-17)27-24(16-22(26-27)20-10-5-4-6-11-20)29-25(28)21-12-8-7-9-18(21)2/h4-16H,1-3H3. The highest BCUT2D eigenvalue weighted by Gasteiger charge is 2.19. The molecule has 0 amide bonds. The second-order valence-electron chi connectivity index (χ2n) is 7.14. The maximum absolute atomic E-state index is 12.8. The van der Waals surface area contributed by atoms with Gasteiger partial charge in [-0.3, -0.25) is 0 Å². The molecule has 29 heavy (non-hydrogen) atoms. The molecule has 3 aromatic carbocycles. The Morgan fingerprint density at radius 1 is 0.828 bits per heavy atom. The third-order valence-corrected chi connectivity index (χ3v) is 4.89. The van der Waals surface area contributed by atoms with Crippen molar-refractivity contribution in [2.24, 2.45) is 0 Å². The fraction of sp³-hybridized carbons (Fsp3) is 0.120. The first-order valence-electron chi connectivity index (χ1n) is 9.54. The van der Waals surface area contributed by atoms with Gasteiger partial charge >= 0.3 is 5.97 Å². The average molecular weight is 382 g/mol. The molecule has 0 N–H and O–H groups in total. The van der Waals surface area contributed by atoms with E-state index in [0.29, 0.717) is 11.4 Å². The Morgan fingerprint density at radius 2 is 1.55 bits per heavy atom. The van der Waals surface area contributed by atoms with Crippen molar-refractivity contribution in [2.45, 2.75) is 20.8 Å². The van der Waals surface area contributed by atoms with E-state index in [9.17, 15) is 4.79 Å². The van der Waals surface area contributed by atoms with Crippen LogP contribution < -0.4 is 4.74 Å². The second-order valence-corrected chi connectivity index (χ2v) is 7.14. The summed E-state index contributed by atoms with van der Waals surface area (Å²) >= 11 is 0. The molecular weight excluding hydrogens is 360 g/mol. The Labute approximate surface area is 170 Å². The molecule has 4 rings (SSSR count). The van der Waals surface area contributed by atoms with Crippen LogP contribution in [-0.2, 0) is 0 Å². The van der Waals surface area contributed by atoms with E-state index in [1.165, 1.54) is 5.56 Å². The number of benzene rings is 3. The molecule has 4 nitrogen and oxygen atoms in total. The van der Waals surface area contributed by atoms with Crippen molar-refractivity contribution < 1.29 is 9.53 Å². The van der Waals surface area contributed by atoms with Gasteiger partial charge in [0.2, 0.25) is 5.88 Å². The molecule has 1 heterocycles. The zero-order chi connectivity index (χ0) is 20.4. The minimum Gasteiger partial charge on any atom is -0.404 e. The maximum atomic E-state index is 12.8. The first kappa shape index (κ1) is 18.7. The first-order valence-corrected chi connectivity index (χ1v) is 9.54. The van der Waals surface area contributed by atoms with Gasteiger partial charge in [-0.05, 0) is 44.0 Å². The van der Waals surface area contributed by atoms with E-state index in [4.69, 9.17) is 9.84 Å². The number of rotatable bonds is 4. The van der Waals surface area contributed by atoms with Crippen LogP contribution in [0.5, 0.6) is 5.88 Å². The van der Waals surface area contributed by atoms with E-state index in [2.05, 4.69) is 6.07 Å². The Kier molecular flexibility index (Phi) is 5.00. The summed E-state index contributed by atoms with van der Waals surface area (Å²) in [4.78, 5) is 12.8. The molecule has 0 aliphatic carbocycles. The number of ether oxygens (including phenoxy) is 1. The highest BCUT2D eigenvalue weighted by Crippen LogP contribution is 2.28. The highest BCUT2D eigenvalue weighted by atomic mass is 16.5. The fourth-order valence-corrected chi connectivity index (χ4v) is 3.35. The lowest BCUT2D eigenvalue weighted by atomic mass is 10.1. The molecule has 0 aliphatic rings. The van der Waals surface area contributed by atoms with Gasteiger partial charge in [-0.2, -0.15) is 9.78 Å². The molecule has 0 aliphatic heterocycles. The van der Waals surface area contributed by atoms with Gasteiger partial charge in [0.05, 0.1) is 16.9 Å². The normalized spacial score (nSPS) is 10.7. The van der Waals surface area contributed by atoms with E-state index in [-0.39, 0.29) is 0 Å². The smallest absolute Gasteiger partial charge is 0.345 e. The van der Waals surface area contributed by atoms with Crippen molar-refractivity contribution in [3.63, 3.8) is 0 Å². The SMILES string of the molecule is Cc1ccc(-n2nc(-c3ccccc3)cc2OC(=O)c2ccccc2C)c(C)c1. The molecule has 0 spiro atoms. The van der Waals surface area contributed by atoms with Crippen molar-refractivity contribution in [3.05, 3.63) is 101 Å². The quantitative estimate of drug-likeness (QED) is 0.426. The van der Waals surface area contributed by atoms with Gasteiger partial charge in [0.25, 0.3) is 0 Å². The van der Waals surface area contributed by atoms with Crippen LogP contribution in [0.3, 0.4) is 0 Å². The minimum absolute atomic E-state index is 0.393. The van der Waals surface area contributed by atoms with E-state index >= 15 is 0 Å². The summed E-state index contributed by atoms with van der Waals surface area (Å²) in [6.07, 6.45) is 0. The van der Waals surface area contributed by atoms with E-state index in [1.807, 2.05) is 87.5 Å². The Hall–Kier alpha value is -3.66. The van der Waals surface area contributed by atoms with Crippen LogP contribution in [0, 0.1) is 20.8 Å². The summed E-state index contributed by atoms with van der Waals surface area (Å²) in [5.74, 6) is -0.00214. The number of nitrogens with zero attached hydrogens (tertiary/aromatic N) is 2. The van der Waals surface area contributed by atoms with Crippen LogP contribution in [0.2, 0.25) is 0 Å². The molecule has 0 saturated carbocycles. The number of carbonyl (C=O) groups is 1. The number of esters is 1. The van der Waals surface area contributed by atoms with Gasteiger partial charge in [-0.1, -0.05) is 66.2 Å². The lowest BCUT2D eigenvalue weighted by molar-refractivity contribution is 0.0722. The van der Waals surface area contributed by atoms with E-state index in [0.717, 1.165) is 28.1 Å². The van der Waals surface area contributed by atoms with Crippen LogP contribution in [0.1, 0.15) is 27.0 Å². The number of hydrogen-bond acceptors (Lipinski definition) is 3. The van der Waals surface area contributed by atoms with E-state index < -0.39 is 5.97 Å². The summed E-state index contributed by atoms with van der Waals surface area (Å²) < 4.78 is 7.52. The van der Waals surface area contributed by atoms with Crippen LogP contribution in [0.4, 0.5) is 0 Å². The first-order chi connectivity index (χ1) is 14.0. The Morgan fingerprint density at radius 3 is 2.28 bits per heavy atom. The maximum Gasteiger partial charge on any atom is 0.345 e. The van der Waals surface area contributed by atoms with Crippen molar-refractivity contribution in [1.29, 1.82) is 0 Å². The van der Waals surface area contributed by atoms with Crippen LogP contribution in [-0.4, -0.2) is 15.7 Å². The Bertz CT molecular complexity index is 1180. The van der Waals surface area contributed by atoms with Crippen molar-refractivity contribution in [2.75, 3.05) is 0 Å². The molecule has 4 aromatic rings. The van der Waals surface area contributed by atoms with Crippen LogP contribution in [0.25, 0.3) is 16.9 Å². The van der Waals surface area contributed by atoms with Gasteiger partial charge in [0, 0.05) is 11.6 Å². The van der Waals surface area contributed by atoms with Crippen molar-refractivity contribution in [3.8, 4) is 22.8 Å². The lowest BCUT2D eigenvalue weighted by Gasteiger charge is -2.11. The molecule has 0 saturated heterocycles. The van der Waals surface area contributed by atoms with Crippen LogP contribution >= 0.6 is 0 Å². The highest BCUT2D eigenvalue weighted by molar-refractivity contribution is 5.92.